The van der Waals surface area contributed by atoms with Crippen LogP contribution in [-0.2, 0) is 9.62 Å². The molecule has 3 N–H and O–H groups in total. The van der Waals surface area contributed by atoms with Gasteiger partial charge in [-0.3, -0.25) is 5.26 Å². The van der Waals surface area contributed by atoms with Crippen LogP contribution in [0.4, 0.5) is 0 Å². The first-order chi connectivity index (χ1) is 8.62. The first-order valence-corrected chi connectivity index (χ1v) is 6.90. The fourth-order valence-corrected chi connectivity index (χ4v) is 1.83. The van der Waals surface area contributed by atoms with Crippen molar-refractivity contribution >= 4 is 0 Å². The van der Waals surface area contributed by atoms with Gasteiger partial charge in [-0.1, -0.05) is 41.5 Å². The number of hydrogen-bond donors (Lipinski definition) is 3. The van der Waals surface area contributed by atoms with Gasteiger partial charge in [-0.2, -0.15) is 0 Å². The van der Waals surface area contributed by atoms with E-state index in [2.05, 4.69) is 31.1 Å². The van der Waals surface area contributed by atoms with Gasteiger partial charge < -0.3 is 9.94 Å². The van der Waals surface area contributed by atoms with Crippen molar-refractivity contribution in [2.75, 3.05) is 13.2 Å². The van der Waals surface area contributed by atoms with Crippen LogP contribution in [0.5, 0.6) is 0 Å². The van der Waals surface area contributed by atoms with Crippen molar-refractivity contribution in [1.82, 2.24) is 5.48 Å². The van der Waals surface area contributed by atoms with Gasteiger partial charge in [-0.05, 0) is 17.3 Å². The minimum absolute atomic E-state index is 0.00000450. The lowest BCUT2D eigenvalue weighted by Gasteiger charge is -2.29. The van der Waals surface area contributed by atoms with Crippen LogP contribution in [0.1, 0.15) is 54.4 Å². The third kappa shape index (κ3) is 7.84. The molecule has 0 aromatic carbocycles. The first-order valence-electron chi connectivity index (χ1n) is 6.90. The van der Waals surface area contributed by atoms with Gasteiger partial charge in [0.15, 0.2) is 0 Å². The molecule has 5 heteroatoms. The third-order valence-electron chi connectivity index (χ3n) is 3.37. The minimum atomic E-state index is -0.234. The lowest BCUT2D eigenvalue weighted by molar-refractivity contribution is -0.302. The third-order valence-corrected chi connectivity index (χ3v) is 3.37. The highest BCUT2D eigenvalue weighted by molar-refractivity contribution is 4.77. The molecule has 0 heterocycles. The molecule has 0 aliphatic rings. The summed E-state index contributed by atoms with van der Waals surface area (Å²) in [4.78, 5) is 4.49. The Morgan fingerprint density at radius 3 is 1.84 bits per heavy atom. The first kappa shape index (κ1) is 18.8. The van der Waals surface area contributed by atoms with Crippen LogP contribution in [0.3, 0.4) is 0 Å². The molecule has 116 valence electrons. The maximum atomic E-state index is 9.09. The topological polar surface area (TPSA) is 71.0 Å². The second-order valence-electron chi connectivity index (χ2n) is 7.20. The summed E-state index contributed by atoms with van der Waals surface area (Å²) in [5.74, 6) is 0. The van der Waals surface area contributed by atoms with Crippen molar-refractivity contribution in [3.63, 3.8) is 0 Å². The highest BCUT2D eigenvalue weighted by Gasteiger charge is 2.26. The van der Waals surface area contributed by atoms with E-state index in [1.807, 2.05) is 20.8 Å². The zero-order valence-electron chi connectivity index (χ0n) is 13.2. The molecule has 19 heavy (non-hydrogen) atoms. The van der Waals surface area contributed by atoms with Crippen LogP contribution in [0, 0.1) is 10.8 Å². The molecular weight excluding hydrogens is 246 g/mol. The summed E-state index contributed by atoms with van der Waals surface area (Å²) in [7, 11) is 0. The molecule has 0 saturated heterocycles. The Morgan fingerprint density at radius 1 is 0.947 bits per heavy atom. The van der Waals surface area contributed by atoms with Gasteiger partial charge in [0, 0.05) is 25.7 Å². The highest BCUT2D eigenvalue weighted by Crippen LogP contribution is 2.24. The Balaban J connectivity index is 3.87. The van der Waals surface area contributed by atoms with Crippen molar-refractivity contribution in [2.45, 2.75) is 66.5 Å². The molecule has 0 aromatic rings. The van der Waals surface area contributed by atoms with Crippen LogP contribution in [0.15, 0.2) is 0 Å². The van der Waals surface area contributed by atoms with Crippen LogP contribution < -0.4 is 5.48 Å². The summed E-state index contributed by atoms with van der Waals surface area (Å²) in [6, 6.07) is 0.00000450. The Labute approximate surface area is 117 Å². The molecule has 0 spiro atoms. The summed E-state index contributed by atoms with van der Waals surface area (Å²) in [5, 5.41) is 17.9. The predicted octanol–water partition coefficient (Wildman–Crippen LogP) is 3.08. The van der Waals surface area contributed by atoms with Crippen LogP contribution in [-0.4, -0.2) is 35.8 Å². The number of hydrogen-bond acceptors (Lipinski definition) is 5. The normalized spacial score (nSPS) is 16.4. The average molecular weight is 277 g/mol. The van der Waals surface area contributed by atoms with Gasteiger partial charge in [0.05, 0.1) is 6.10 Å². The molecular formula is C14H31NO4. The van der Waals surface area contributed by atoms with Gasteiger partial charge in [0.25, 0.3) is 0 Å². The zero-order valence-corrected chi connectivity index (χ0v) is 13.2. The van der Waals surface area contributed by atoms with E-state index in [-0.39, 0.29) is 23.0 Å². The molecule has 0 aromatic heterocycles. The average Bonchev–Trinajstić information content (AvgIpc) is 2.24. The Bertz CT molecular complexity index is 209. The van der Waals surface area contributed by atoms with E-state index in [0.29, 0.717) is 19.6 Å². The summed E-state index contributed by atoms with van der Waals surface area (Å²) in [5.41, 5.74) is 2.21. The van der Waals surface area contributed by atoms with Gasteiger partial charge in [-0.15, -0.1) is 0 Å². The van der Waals surface area contributed by atoms with Crippen LogP contribution in [0.2, 0.25) is 0 Å². The second kappa shape index (κ2) is 8.17. The van der Waals surface area contributed by atoms with E-state index in [1.165, 1.54) is 0 Å². The summed E-state index contributed by atoms with van der Waals surface area (Å²) < 4.78 is 5.55. The molecule has 5 nitrogen and oxygen atoms in total. The molecule has 0 rings (SSSR count). The van der Waals surface area contributed by atoms with E-state index in [4.69, 9.17) is 15.2 Å². The summed E-state index contributed by atoms with van der Waals surface area (Å²) >= 11 is 0. The SMILES string of the molecule is CC(C)(C)C(CCOCCC(OO)C(C)(C)C)NO. The molecule has 0 aliphatic heterocycles. The number of ether oxygens (including phenoxy) is 1. The molecule has 0 aliphatic carbocycles. The monoisotopic (exact) mass is 277 g/mol. The van der Waals surface area contributed by atoms with E-state index < -0.39 is 0 Å². The Kier molecular flexibility index (Phi) is 8.08. The van der Waals surface area contributed by atoms with E-state index in [1.54, 1.807) is 0 Å². The van der Waals surface area contributed by atoms with Gasteiger partial charge in [-0.25, -0.2) is 10.4 Å². The molecule has 2 unspecified atom stereocenters. The lowest BCUT2D eigenvalue weighted by Crippen LogP contribution is -2.39. The molecule has 0 saturated carbocycles. The molecule has 0 fully saturated rings. The maximum absolute atomic E-state index is 9.09. The smallest absolute Gasteiger partial charge is 0.0997 e. The number of rotatable bonds is 8. The highest BCUT2D eigenvalue weighted by atomic mass is 17.1. The van der Waals surface area contributed by atoms with Crippen molar-refractivity contribution in [3.8, 4) is 0 Å². The molecule has 0 bridgehead atoms. The van der Waals surface area contributed by atoms with Crippen molar-refractivity contribution in [1.29, 1.82) is 0 Å². The van der Waals surface area contributed by atoms with Gasteiger partial charge in [0.1, 0.15) is 0 Å². The predicted molar refractivity (Wildman–Crippen MR) is 75.2 cm³/mol. The Morgan fingerprint density at radius 2 is 1.47 bits per heavy atom. The second-order valence-corrected chi connectivity index (χ2v) is 7.20. The lowest BCUT2D eigenvalue weighted by atomic mass is 9.85. The van der Waals surface area contributed by atoms with E-state index in [0.717, 1.165) is 6.42 Å². The maximum Gasteiger partial charge on any atom is 0.0997 e. The number of nitrogens with one attached hydrogen (secondary N) is 1. The molecule has 0 amide bonds. The zero-order chi connectivity index (χ0) is 15.1. The Hall–Kier alpha value is -0.200. The van der Waals surface area contributed by atoms with E-state index in [9.17, 15) is 0 Å². The summed E-state index contributed by atoms with van der Waals surface area (Å²) in [6.45, 7) is 13.3. The fourth-order valence-electron chi connectivity index (χ4n) is 1.83. The standard InChI is InChI=1S/C14H31NO4/c1-13(2,3)11(15-16)7-9-18-10-8-12(19-17)14(4,5)6/h11-12,15-17H,7-10H2,1-6H3. The fraction of sp³-hybridized carbons (Fsp3) is 1.00. The van der Waals surface area contributed by atoms with E-state index >= 15 is 0 Å². The minimum Gasteiger partial charge on any atom is -0.381 e. The van der Waals surface area contributed by atoms with Crippen LogP contribution in [0.25, 0.3) is 0 Å². The molecule has 2 atom stereocenters. The van der Waals surface area contributed by atoms with Crippen molar-refractivity contribution in [2.24, 2.45) is 10.8 Å². The van der Waals surface area contributed by atoms with Gasteiger partial charge in [0.2, 0.25) is 0 Å². The number of hydroxylamine groups is 1. The molecule has 0 radical (unpaired) electrons. The van der Waals surface area contributed by atoms with Crippen molar-refractivity contribution < 1.29 is 20.1 Å². The van der Waals surface area contributed by atoms with Crippen LogP contribution >= 0.6 is 0 Å². The largest absolute Gasteiger partial charge is 0.381 e. The van der Waals surface area contributed by atoms with Gasteiger partial charge >= 0.3 is 0 Å². The quantitative estimate of drug-likeness (QED) is 0.361. The van der Waals surface area contributed by atoms with Crippen molar-refractivity contribution in [3.05, 3.63) is 0 Å². The summed E-state index contributed by atoms with van der Waals surface area (Å²) in [6.07, 6.45) is 1.15.